The van der Waals surface area contributed by atoms with Gasteiger partial charge in [0.15, 0.2) is 0 Å². The van der Waals surface area contributed by atoms with Crippen LogP contribution >= 0.6 is 15.9 Å². The van der Waals surface area contributed by atoms with Gasteiger partial charge in [-0.1, -0.05) is 22.0 Å². The van der Waals surface area contributed by atoms with Crippen LogP contribution in [0.15, 0.2) is 28.7 Å². The van der Waals surface area contributed by atoms with Gasteiger partial charge in [-0.25, -0.2) is 0 Å². The number of ether oxygens (including phenoxy) is 1. The standard InChI is InChI=1S/C14H18BrNO2/c15-12-2-1-3-13(10-12)18-9-6-14(17)11-4-7-16-8-5-11/h1-3,10-11,16H,4-9H2. The molecular formula is C14H18BrNO2. The van der Waals surface area contributed by atoms with Gasteiger partial charge in [0.05, 0.1) is 6.61 Å². The zero-order valence-corrected chi connectivity index (χ0v) is 11.9. The van der Waals surface area contributed by atoms with Crippen molar-refractivity contribution in [2.75, 3.05) is 19.7 Å². The summed E-state index contributed by atoms with van der Waals surface area (Å²) in [4.78, 5) is 11.9. The lowest BCUT2D eigenvalue weighted by atomic mass is 9.92. The van der Waals surface area contributed by atoms with Crippen LogP contribution in [0.2, 0.25) is 0 Å². The Morgan fingerprint density at radius 2 is 2.17 bits per heavy atom. The molecule has 0 radical (unpaired) electrons. The van der Waals surface area contributed by atoms with Crippen molar-refractivity contribution < 1.29 is 9.53 Å². The molecule has 2 rings (SSSR count). The topological polar surface area (TPSA) is 38.3 Å². The molecule has 0 spiro atoms. The summed E-state index contributed by atoms with van der Waals surface area (Å²) < 4.78 is 6.57. The molecule has 1 aromatic rings. The van der Waals surface area contributed by atoms with Crippen LogP contribution in [-0.2, 0) is 4.79 Å². The fourth-order valence-corrected chi connectivity index (χ4v) is 2.55. The van der Waals surface area contributed by atoms with Crippen LogP contribution in [0.4, 0.5) is 0 Å². The highest BCUT2D eigenvalue weighted by molar-refractivity contribution is 9.10. The number of hydrogen-bond acceptors (Lipinski definition) is 3. The van der Waals surface area contributed by atoms with Gasteiger partial charge in [0.2, 0.25) is 0 Å². The zero-order valence-electron chi connectivity index (χ0n) is 10.3. The Labute approximate surface area is 116 Å². The van der Waals surface area contributed by atoms with E-state index in [0.717, 1.165) is 36.2 Å². The van der Waals surface area contributed by atoms with E-state index in [1.165, 1.54) is 0 Å². The van der Waals surface area contributed by atoms with E-state index in [0.29, 0.717) is 18.8 Å². The number of piperidine rings is 1. The predicted octanol–water partition coefficient (Wildman–Crippen LogP) is 2.79. The highest BCUT2D eigenvalue weighted by Crippen LogP contribution is 2.19. The lowest BCUT2D eigenvalue weighted by molar-refractivity contribution is -0.124. The van der Waals surface area contributed by atoms with Crippen LogP contribution in [0, 0.1) is 5.92 Å². The maximum absolute atomic E-state index is 11.9. The van der Waals surface area contributed by atoms with Crippen molar-refractivity contribution in [1.29, 1.82) is 0 Å². The van der Waals surface area contributed by atoms with Crippen LogP contribution in [0.25, 0.3) is 0 Å². The third kappa shape index (κ3) is 4.10. The number of carbonyl (C=O) groups excluding carboxylic acids is 1. The van der Waals surface area contributed by atoms with Crippen molar-refractivity contribution in [3.05, 3.63) is 28.7 Å². The summed E-state index contributed by atoms with van der Waals surface area (Å²) in [6.45, 7) is 2.39. The van der Waals surface area contributed by atoms with E-state index in [9.17, 15) is 4.79 Å². The zero-order chi connectivity index (χ0) is 12.8. The summed E-state index contributed by atoms with van der Waals surface area (Å²) in [6.07, 6.45) is 2.45. The molecule has 4 heteroatoms. The maximum Gasteiger partial charge on any atom is 0.139 e. The third-order valence-corrected chi connectivity index (χ3v) is 3.70. The van der Waals surface area contributed by atoms with Crippen LogP contribution in [0.1, 0.15) is 19.3 Å². The smallest absolute Gasteiger partial charge is 0.139 e. The molecule has 1 aliphatic rings. The molecule has 1 N–H and O–H groups in total. The van der Waals surface area contributed by atoms with Gasteiger partial charge in [-0.15, -0.1) is 0 Å². The number of rotatable bonds is 5. The van der Waals surface area contributed by atoms with Crippen LogP contribution in [0.3, 0.4) is 0 Å². The van der Waals surface area contributed by atoms with Crippen molar-refractivity contribution in [3.8, 4) is 5.75 Å². The first kappa shape index (κ1) is 13.6. The second kappa shape index (κ2) is 6.90. The molecule has 0 aliphatic carbocycles. The molecule has 1 saturated heterocycles. The maximum atomic E-state index is 11.9. The quantitative estimate of drug-likeness (QED) is 0.908. The van der Waals surface area contributed by atoms with E-state index in [2.05, 4.69) is 21.2 Å². The van der Waals surface area contributed by atoms with E-state index in [4.69, 9.17) is 4.74 Å². The highest BCUT2D eigenvalue weighted by Gasteiger charge is 2.20. The van der Waals surface area contributed by atoms with Gasteiger partial charge in [0, 0.05) is 16.8 Å². The summed E-state index contributed by atoms with van der Waals surface area (Å²) in [6, 6.07) is 7.69. The van der Waals surface area contributed by atoms with Gasteiger partial charge < -0.3 is 10.1 Å². The van der Waals surface area contributed by atoms with Crippen LogP contribution in [0.5, 0.6) is 5.75 Å². The van der Waals surface area contributed by atoms with Crippen molar-refractivity contribution in [2.24, 2.45) is 5.92 Å². The molecule has 3 nitrogen and oxygen atoms in total. The molecule has 1 aromatic carbocycles. The first-order chi connectivity index (χ1) is 8.75. The normalized spacial score (nSPS) is 16.5. The first-order valence-electron chi connectivity index (χ1n) is 6.37. The Bertz CT molecular complexity index is 403. The number of nitrogens with one attached hydrogen (secondary N) is 1. The molecule has 0 amide bonds. The molecule has 98 valence electrons. The SMILES string of the molecule is O=C(CCOc1cccc(Br)c1)C1CCNCC1. The fourth-order valence-electron chi connectivity index (χ4n) is 2.17. The fraction of sp³-hybridized carbons (Fsp3) is 0.500. The third-order valence-electron chi connectivity index (χ3n) is 3.21. The molecular weight excluding hydrogens is 294 g/mol. The molecule has 18 heavy (non-hydrogen) atoms. The number of carbonyl (C=O) groups is 1. The van der Waals surface area contributed by atoms with Crippen LogP contribution in [-0.4, -0.2) is 25.5 Å². The Balaban J connectivity index is 1.73. The second-order valence-corrected chi connectivity index (χ2v) is 5.46. The van der Waals surface area contributed by atoms with E-state index in [1.807, 2.05) is 24.3 Å². The number of benzene rings is 1. The number of hydrogen-bond donors (Lipinski definition) is 1. The van der Waals surface area contributed by atoms with Crippen molar-refractivity contribution in [1.82, 2.24) is 5.32 Å². The summed E-state index contributed by atoms with van der Waals surface area (Å²) in [5.74, 6) is 1.38. The van der Waals surface area contributed by atoms with Gasteiger partial charge in [0.25, 0.3) is 0 Å². The lowest BCUT2D eigenvalue weighted by Gasteiger charge is -2.21. The molecule has 0 aromatic heterocycles. The minimum Gasteiger partial charge on any atom is -0.493 e. The van der Waals surface area contributed by atoms with Crippen LogP contribution < -0.4 is 10.1 Å². The number of halogens is 1. The summed E-state index contributed by atoms with van der Waals surface area (Å²) in [5.41, 5.74) is 0. The number of ketones is 1. The van der Waals surface area contributed by atoms with Crippen molar-refractivity contribution in [3.63, 3.8) is 0 Å². The second-order valence-electron chi connectivity index (χ2n) is 4.55. The minimum absolute atomic E-state index is 0.234. The summed E-state index contributed by atoms with van der Waals surface area (Å²) in [5, 5.41) is 3.27. The molecule has 0 atom stereocenters. The van der Waals surface area contributed by atoms with Gasteiger partial charge in [-0.2, -0.15) is 0 Å². The predicted molar refractivity (Wildman–Crippen MR) is 74.9 cm³/mol. The Morgan fingerprint density at radius 3 is 2.89 bits per heavy atom. The van der Waals surface area contributed by atoms with Gasteiger partial charge in [-0.05, 0) is 44.1 Å². The van der Waals surface area contributed by atoms with E-state index in [-0.39, 0.29) is 5.92 Å². The molecule has 1 heterocycles. The molecule has 0 bridgehead atoms. The monoisotopic (exact) mass is 311 g/mol. The first-order valence-corrected chi connectivity index (χ1v) is 7.17. The minimum atomic E-state index is 0.234. The average Bonchev–Trinajstić information content (AvgIpc) is 2.40. The lowest BCUT2D eigenvalue weighted by Crippen LogP contribution is -2.32. The highest BCUT2D eigenvalue weighted by atomic mass is 79.9. The number of Topliss-reactive ketones (excluding diaryl/α,β-unsaturated/α-hetero) is 1. The molecule has 0 unspecified atom stereocenters. The Morgan fingerprint density at radius 1 is 1.39 bits per heavy atom. The van der Waals surface area contributed by atoms with Gasteiger partial charge >= 0.3 is 0 Å². The largest absolute Gasteiger partial charge is 0.493 e. The molecule has 1 aliphatic heterocycles. The average molecular weight is 312 g/mol. The summed E-state index contributed by atoms with van der Waals surface area (Å²) >= 11 is 3.39. The van der Waals surface area contributed by atoms with E-state index >= 15 is 0 Å². The Kier molecular flexibility index (Phi) is 5.20. The summed E-state index contributed by atoms with van der Waals surface area (Å²) in [7, 11) is 0. The van der Waals surface area contributed by atoms with Crippen molar-refractivity contribution in [2.45, 2.75) is 19.3 Å². The van der Waals surface area contributed by atoms with Gasteiger partial charge in [0.1, 0.15) is 11.5 Å². The van der Waals surface area contributed by atoms with E-state index in [1.54, 1.807) is 0 Å². The van der Waals surface area contributed by atoms with Crippen molar-refractivity contribution >= 4 is 21.7 Å². The molecule has 0 saturated carbocycles. The van der Waals surface area contributed by atoms with Gasteiger partial charge in [-0.3, -0.25) is 4.79 Å². The Hall–Kier alpha value is -0.870. The molecule has 1 fully saturated rings. The van der Waals surface area contributed by atoms with E-state index < -0.39 is 0 Å².